The molecule has 1 saturated carbocycles. The molecule has 0 unspecified atom stereocenters. The molecule has 1 aliphatic rings. The summed E-state index contributed by atoms with van der Waals surface area (Å²) in [5.74, 6) is 0.683. The summed E-state index contributed by atoms with van der Waals surface area (Å²) in [5.41, 5.74) is 8.42. The normalized spacial score (nSPS) is 14.2. The number of carbonyl (C=O) groups excluding carboxylic acids is 1. The van der Waals surface area contributed by atoms with E-state index in [0.717, 1.165) is 24.5 Å². The number of nitrogen functional groups attached to an aromatic ring is 1. The average molecular weight is 437 g/mol. The minimum absolute atomic E-state index is 0.276. The Balaban J connectivity index is 1.62. The zero-order valence-corrected chi connectivity index (χ0v) is 19.3. The monoisotopic (exact) mass is 436 g/mol. The molecule has 0 spiro atoms. The molecule has 7 heteroatoms. The van der Waals surface area contributed by atoms with Gasteiger partial charge in [-0.3, -0.25) is 9.78 Å². The fourth-order valence-corrected chi connectivity index (χ4v) is 3.87. The van der Waals surface area contributed by atoms with E-state index in [4.69, 9.17) is 5.73 Å². The Morgan fingerprint density at radius 3 is 2.53 bits per heavy atom. The van der Waals surface area contributed by atoms with Gasteiger partial charge in [-0.2, -0.15) is 0 Å². The van der Waals surface area contributed by atoms with E-state index in [1.807, 2.05) is 18.2 Å². The molecule has 32 heavy (non-hydrogen) atoms. The quantitative estimate of drug-likeness (QED) is 0.493. The molecule has 0 saturated heterocycles. The van der Waals surface area contributed by atoms with Crippen LogP contribution in [0.4, 0.5) is 11.4 Å². The topological polar surface area (TPSA) is 86.5 Å². The van der Waals surface area contributed by atoms with Crippen LogP contribution in [0.2, 0.25) is 0 Å². The second-order valence-corrected chi connectivity index (χ2v) is 8.74. The second-order valence-electron chi connectivity index (χ2n) is 8.74. The molecule has 1 aliphatic carbocycles. The van der Waals surface area contributed by atoms with Gasteiger partial charge in [0.25, 0.3) is 5.91 Å². The summed E-state index contributed by atoms with van der Waals surface area (Å²) in [7, 11) is 4.15. The van der Waals surface area contributed by atoms with Crippen molar-refractivity contribution in [3.63, 3.8) is 0 Å². The number of benzene rings is 1. The first kappa shape index (κ1) is 23.6. The van der Waals surface area contributed by atoms with Crippen LogP contribution in [0.1, 0.15) is 48.2 Å². The van der Waals surface area contributed by atoms with Gasteiger partial charge in [0.1, 0.15) is 5.69 Å². The van der Waals surface area contributed by atoms with Crippen LogP contribution >= 0.6 is 0 Å². The standard InChI is InChI=1S/C25H36N6O/c1-19(28-21-9-5-4-6-10-21)31(16-15-30(2)3)18-20-13-14-24(27-17-20)25(32)29-23-12-8-7-11-22(23)26/h7-8,11-14,17,21,28H,1,4-6,9-10,15-16,18,26H2,2-3H3,(H,29,32). The van der Waals surface area contributed by atoms with Crippen molar-refractivity contribution in [2.75, 3.05) is 38.2 Å². The number of nitrogens with two attached hydrogens (primary N) is 1. The van der Waals surface area contributed by atoms with Gasteiger partial charge in [0.05, 0.1) is 17.2 Å². The maximum absolute atomic E-state index is 12.5. The third-order valence-corrected chi connectivity index (χ3v) is 5.81. The van der Waals surface area contributed by atoms with Crippen molar-refractivity contribution in [2.45, 2.75) is 44.7 Å². The van der Waals surface area contributed by atoms with Crippen LogP contribution in [0.5, 0.6) is 0 Å². The molecular formula is C25H36N6O. The van der Waals surface area contributed by atoms with E-state index in [0.29, 0.717) is 29.7 Å². The highest BCUT2D eigenvalue weighted by Gasteiger charge is 2.17. The predicted molar refractivity (Wildman–Crippen MR) is 131 cm³/mol. The lowest BCUT2D eigenvalue weighted by atomic mass is 9.95. The molecule has 0 atom stereocenters. The summed E-state index contributed by atoms with van der Waals surface area (Å²) < 4.78 is 0. The Hall–Kier alpha value is -3.06. The number of hydrogen-bond donors (Lipinski definition) is 3. The van der Waals surface area contributed by atoms with E-state index >= 15 is 0 Å². The van der Waals surface area contributed by atoms with Crippen LogP contribution in [-0.4, -0.2) is 53.9 Å². The fourth-order valence-electron chi connectivity index (χ4n) is 3.87. The Bertz CT molecular complexity index is 890. The number of nitrogens with one attached hydrogen (secondary N) is 2. The summed E-state index contributed by atoms with van der Waals surface area (Å²) >= 11 is 0. The second kappa shape index (κ2) is 11.5. The van der Waals surface area contributed by atoms with Crippen molar-refractivity contribution >= 4 is 17.3 Å². The van der Waals surface area contributed by atoms with E-state index in [9.17, 15) is 4.79 Å². The SMILES string of the molecule is C=C(NC1CCCCC1)N(CCN(C)C)Cc1ccc(C(=O)Nc2ccccc2N)nc1. The van der Waals surface area contributed by atoms with Crippen LogP contribution in [0.3, 0.4) is 0 Å². The molecule has 1 aromatic carbocycles. The van der Waals surface area contributed by atoms with Crippen molar-refractivity contribution in [3.05, 3.63) is 66.3 Å². The third-order valence-electron chi connectivity index (χ3n) is 5.81. The zero-order chi connectivity index (χ0) is 22.9. The van der Waals surface area contributed by atoms with Gasteiger partial charge in [-0.15, -0.1) is 0 Å². The van der Waals surface area contributed by atoms with Gasteiger partial charge in [0, 0.05) is 31.9 Å². The summed E-state index contributed by atoms with van der Waals surface area (Å²) in [6.07, 6.45) is 8.07. The molecule has 7 nitrogen and oxygen atoms in total. The molecule has 4 N–H and O–H groups in total. The number of amides is 1. The van der Waals surface area contributed by atoms with Crippen molar-refractivity contribution in [1.82, 2.24) is 20.1 Å². The van der Waals surface area contributed by atoms with Gasteiger partial charge in [0.15, 0.2) is 0 Å². The van der Waals surface area contributed by atoms with Gasteiger partial charge in [-0.05, 0) is 50.7 Å². The molecular weight excluding hydrogens is 400 g/mol. The Labute approximate surface area is 191 Å². The molecule has 0 aliphatic heterocycles. The summed E-state index contributed by atoms with van der Waals surface area (Å²) in [4.78, 5) is 21.4. The van der Waals surface area contributed by atoms with Gasteiger partial charge in [-0.1, -0.05) is 44.0 Å². The molecule has 1 fully saturated rings. The van der Waals surface area contributed by atoms with E-state index in [2.05, 4.69) is 46.1 Å². The van der Waals surface area contributed by atoms with Gasteiger partial charge in [-0.25, -0.2) is 0 Å². The maximum Gasteiger partial charge on any atom is 0.274 e. The number of carbonyl (C=O) groups is 1. The van der Waals surface area contributed by atoms with Crippen LogP contribution < -0.4 is 16.4 Å². The highest BCUT2D eigenvalue weighted by molar-refractivity contribution is 6.04. The lowest BCUT2D eigenvalue weighted by Gasteiger charge is -2.33. The number of anilines is 2. The largest absolute Gasteiger partial charge is 0.397 e. The number of nitrogens with zero attached hydrogens (tertiary/aromatic N) is 3. The number of aromatic nitrogens is 1. The fraction of sp³-hybridized carbons (Fsp3) is 0.440. The first-order valence-electron chi connectivity index (χ1n) is 11.4. The minimum atomic E-state index is -0.276. The summed E-state index contributed by atoms with van der Waals surface area (Å²) in [6, 6.07) is 11.4. The molecule has 172 valence electrons. The van der Waals surface area contributed by atoms with Gasteiger partial charge < -0.3 is 26.2 Å². The summed E-state index contributed by atoms with van der Waals surface area (Å²) in [5, 5.41) is 6.46. The Morgan fingerprint density at radius 2 is 1.88 bits per heavy atom. The number of rotatable bonds is 10. The molecule has 0 bridgehead atoms. The van der Waals surface area contributed by atoms with Gasteiger partial charge in [0.2, 0.25) is 0 Å². The van der Waals surface area contributed by atoms with E-state index < -0.39 is 0 Å². The summed E-state index contributed by atoms with van der Waals surface area (Å²) in [6.45, 7) is 6.80. The van der Waals surface area contributed by atoms with Crippen LogP contribution in [0.15, 0.2) is 55.0 Å². The highest BCUT2D eigenvalue weighted by Crippen LogP contribution is 2.20. The van der Waals surface area contributed by atoms with Crippen molar-refractivity contribution in [2.24, 2.45) is 0 Å². The first-order valence-corrected chi connectivity index (χ1v) is 11.4. The number of hydrogen-bond acceptors (Lipinski definition) is 6. The molecule has 1 aromatic heterocycles. The van der Waals surface area contributed by atoms with Crippen molar-refractivity contribution in [3.8, 4) is 0 Å². The van der Waals surface area contributed by atoms with Crippen LogP contribution in [0, 0.1) is 0 Å². The first-order chi connectivity index (χ1) is 15.4. The highest BCUT2D eigenvalue weighted by atomic mass is 16.1. The number of pyridine rings is 1. The zero-order valence-electron chi connectivity index (χ0n) is 19.3. The number of likely N-dealkylation sites (N-methyl/N-ethyl adjacent to an activating group) is 1. The van der Waals surface area contributed by atoms with E-state index in [1.165, 1.54) is 32.1 Å². The van der Waals surface area contributed by atoms with E-state index in [-0.39, 0.29) is 5.91 Å². The molecule has 0 radical (unpaired) electrons. The average Bonchev–Trinajstić information content (AvgIpc) is 2.79. The van der Waals surface area contributed by atoms with Crippen molar-refractivity contribution < 1.29 is 4.79 Å². The smallest absolute Gasteiger partial charge is 0.274 e. The van der Waals surface area contributed by atoms with E-state index in [1.54, 1.807) is 24.4 Å². The lowest BCUT2D eigenvalue weighted by Crippen LogP contribution is -2.40. The lowest BCUT2D eigenvalue weighted by molar-refractivity contribution is 0.102. The van der Waals surface area contributed by atoms with Crippen LogP contribution in [-0.2, 0) is 6.54 Å². The molecule has 1 heterocycles. The van der Waals surface area contributed by atoms with Crippen LogP contribution in [0.25, 0.3) is 0 Å². The minimum Gasteiger partial charge on any atom is -0.397 e. The Kier molecular flexibility index (Phi) is 8.50. The third kappa shape index (κ3) is 6.99. The number of para-hydroxylation sites is 2. The molecule has 3 rings (SSSR count). The Morgan fingerprint density at radius 1 is 1.12 bits per heavy atom. The van der Waals surface area contributed by atoms with Gasteiger partial charge >= 0.3 is 0 Å². The maximum atomic E-state index is 12.5. The van der Waals surface area contributed by atoms with Crippen molar-refractivity contribution in [1.29, 1.82) is 0 Å². The predicted octanol–water partition coefficient (Wildman–Crippen LogP) is 3.67. The molecule has 1 amide bonds. The molecule has 2 aromatic rings.